The molecule has 0 fully saturated rings. The lowest BCUT2D eigenvalue weighted by atomic mass is 10.2. The van der Waals surface area contributed by atoms with Gasteiger partial charge in [-0.25, -0.2) is 9.37 Å². The van der Waals surface area contributed by atoms with E-state index in [-0.39, 0.29) is 11.9 Å². The first-order valence-corrected chi connectivity index (χ1v) is 6.86. The fourth-order valence-electron chi connectivity index (χ4n) is 1.55. The van der Waals surface area contributed by atoms with Crippen molar-refractivity contribution >= 4 is 33.0 Å². The largest absolute Gasteiger partial charge is 0.376 e. The Morgan fingerprint density at radius 3 is 2.88 bits per heavy atom. The van der Waals surface area contributed by atoms with Gasteiger partial charge in [-0.05, 0) is 47.5 Å². The molecule has 0 saturated carbocycles. The highest BCUT2D eigenvalue weighted by molar-refractivity contribution is 9.10. The molecule has 0 aliphatic heterocycles. The predicted molar refractivity (Wildman–Crippen MR) is 73.0 cm³/mol. The summed E-state index contributed by atoms with van der Waals surface area (Å²) in [5, 5.41) is 6.30. The Balaban J connectivity index is 2.22. The van der Waals surface area contributed by atoms with E-state index in [2.05, 4.69) is 26.2 Å². The average molecular weight is 315 g/mol. The van der Waals surface area contributed by atoms with Gasteiger partial charge in [-0.1, -0.05) is 0 Å². The van der Waals surface area contributed by atoms with E-state index >= 15 is 0 Å². The summed E-state index contributed by atoms with van der Waals surface area (Å²) in [6.07, 6.45) is 1.78. The van der Waals surface area contributed by atoms with E-state index in [1.165, 1.54) is 6.07 Å². The first kappa shape index (κ1) is 12.5. The molecule has 0 aliphatic rings. The Labute approximate surface area is 112 Å². The Morgan fingerprint density at radius 1 is 1.47 bits per heavy atom. The quantitative estimate of drug-likeness (QED) is 0.900. The van der Waals surface area contributed by atoms with E-state index in [9.17, 15) is 4.39 Å². The number of aromatic nitrogens is 1. The summed E-state index contributed by atoms with van der Waals surface area (Å²) in [5.41, 5.74) is 1.80. The fourth-order valence-corrected chi connectivity index (χ4v) is 2.53. The number of thiazole rings is 1. The molecule has 0 radical (unpaired) electrons. The van der Waals surface area contributed by atoms with Gasteiger partial charge < -0.3 is 5.32 Å². The van der Waals surface area contributed by atoms with Gasteiger partial charge in [0.2, 0.25) is 0 Å². The molecule has 1 aromatic heterocycles. The molecule has 0 spiro atoms. The minimum atomic E-state index is -0.241. The zero-order valence-corrected chi connectivity index (χ0v) is 11.9. The normalized spacial score (nSPS) is 12.5. The van der Waals surface area contributed by atoms with Crippen LogP contribution in [0.5, 0.6) is 0 Å². The molecule has 0 bridgehead atoms. The third kappa shape index (κ3) is 2.84. The van der Waals surface area contributed by atoms with Crippen LogP contribution in [0.1, 0.15) is 23.5 Å². The minimum Gasteiger partial charge on any atom is -0.376 e. The minimum absolute atomic E-state index is 0.117. The van der Waals surface area contributed by atoms with E-state index in [1.54, 1.807) is 23.6 Å². The lowest BCUT2D eigenvalue weighted by Gasteiger charge is -2.15. The molecule has 1 aromatic carbocycles. The fraction of sp³-hybridized carbons (Fsp3) is 0.250. The van der Waals surface area contributed by atoms with Crippen molar-refractivity contribution in [2.45, 2.75) is 19.9 Å². The summed E-state index contributed by atoms with van der Waals surface area (Å²) >= 11 is 4.79. The molecule has 1 heterocycles. The number of aryl methyl sites for hydroxylation is 1. The average Bonchev–Trinajstić information content (AvgIpc) is 2.79. The summed E-state index contributed by atoms with van der Waals surface area (Å²) in [7, 11) is 0. The van der Waals surface area contributed by atoms with E-state index in [1.807, 2.05) is 19.2 Å². The Bertz CT molecular complexity index is 513. The van der Waals surface area contributed by atoms with E-state index < -0.39 is 0 Å². The van der Waals surface area contributed by atoms with Gasteiger partial charge in [0.05, 0.1) is 10.5 Å². The number of rotatable bonds is 3. The first-order chi connectivity index (χ1) is 8.08. The van der Waals surface area contributed by atoms with Crippen molar-refractivity contribution in [3.05, 3.63) is 44.6 Å². The second kappa shape index (κ2) is 5.14. The molecule has 1 N–H and O–H groups in total. The van der Waals surface area contributed by atoms with E-state index in [0.717, 1.165) is 16.3 Å². The van der Waals surface area contributed by atoms with Crippen molar-refractivity contribution in [1.82, 2.24) is 4.98 Å². The van der Waals surface area contributed by atoms with Gasteiger partial charge in [0.1, 0.15) is 10.8 Å². The summed E-state index contributed by atoms with van der Waals surface area (Å²) in [4.78, 5) is 4.25. The lowest BCUT2D eigenvalue weighted by Crippen LogP contribution is -2.07. The van der Waals surface area contributed by atoms with Crippen molar-refractivity contribution in [2.24, 2.45) is 0 Å². The summed E-state index contributed by atoms with van der Waals surface area (Å²) in [5.74, 6) is -0.241. The molecule has 0 saturated heterocycles. The molecular weight excluding hydrogens is 303 g/mol. The highest BCUT2D eigenvalue weighted by Crippen LogP contribution is 2.28. The third-order valence-electron chi connectivity index (χ3n) is 2.46. The van der Waals surface area contributed by atoms with Crippen LogP contribution in [0.25, 0.3) is 0 Å². The summed E-state index contributed by atoms with van der Waals surface area (Å²) < 4.78 is 13.8. The van der Waals surface area contributed by atoms with Gasteiger partial charge >= 0.3 is 0 Å². The summed E-state index contributed by atoms with van der Waals surface area (Å²) in [6, 6.07) is 3.39. The van der Waals surface area contributed by atoms with E-state index in [0.29, 0.717) is 4.47 Å². The van der Waals surface area contributed by atoms with Gasteiger partial charge in [0, 0.05) is 17.3 Å². The second-order valence-corrected chi connectivity index (χ2v) is 5.60. The number of hydrogen-bond donors (Lipinski definition) is 1. The molecule has 2 nitrogen and oxygen atoms in total. The molecule has 90 valence electrons. The van der Waals surface area contributed by atoms with Crippen molar-refractivity contribution in [3.8, 4) is 0 Å². The maximum Gasteiger partial charge on any atom is 0.137 e. The van der Waals surface area contributed by atoms with Crippen LogP contribution >= 0.6 is 27.3 Å². The van der Waals surface area contributed by atoms with Gasteiger partial charge in [-0.3, -0.25) is 0 Å². The van der Waals surface area contributed by atoms with Gasteiger partial charge in [-0.2, -0.15) is 0 Å². The topological polar surface area (TPSA) is 24.9 Å². The number of hydrogen-bond acceptors (Lipinski definition) is 3. The third-order valence-corrected chi connectivity index (χ3v) is 4.03. The molecule has 1 unspecified atom stereocenters. The van der Waals surface area contributed by atoms with Crippen LogP contribution in [0.4, 0.5) is 10.1 Å². The van der Waals surface area contributed by atoms with Crippen molar-refractivity contribution < 1.29 is 4.39 Å². The number of nitrogens with one attached hydrogen (secondary N) is 1. The van der Waals surface area contributed by atoms with Crippen LogP contribution in [0.3, 0.4) is 0 Å². The zero-order valence-electron chi connectivity index (χ0n) is 9.50. The monoisotopic (exact) mass is 314 g/mol. The van der Waals surface area contributed by atoms with Crippen LogP contribution < -0.4 is 5.32 Å². The Kier molecular flexibility index (Phi) is 3.79. The predicted octanol–water partition coefficient (Wildman–Crippen LogP) is 4.53. The van der Waals surface area contributed by atoms with Crippen molar-refractivity contribution in [3.63, 3.8) is 0 Å². The van der Waals surface area contributed by atoms with Crippen LogP contribution in [-0.2, 0) is 0 Å². The second-order valence-electron chi connectivity index (χ2n) is 3.82. The van der Waals surface area contributed by atoms with E-state index in [4.69, 9.17) is 0 Å². The molecular formula is C12H12BrFN2S. The highest BCUT2D eigenvalue weighted by Gasteiger charge is 2.11. The number of benzene rings is 1. The molecule has 17 heavy (non-hydrogen) atoms. The van der Waals surface area contributed by atoms with Gasteiger partial charge in [0.25, 0.3) is 0 Å². The smallest absolute Gasteiger partial charge is 0.137 e. The number of anilines is 1. The van der Waals surface area contributed by atoms with Crippen molar-refractivity contribution in [2.75, 3.05) is 5.32 Å². The number of halogens is 2. The summed E-state index contributed by atoms with van der Waals surface area (Å²) in [6.45, 7) is 3.92. The number of nitrogens with zero attached hydrogens (tertiary/aromatic N) is 1. The van der Waals surface area contributed by atoms with Crippen LogP contribution in [0.15, 0.2) is 28.2 Å². The zero-order chi connectivity index (χ0) is 12.4. The molecule has 2 aromatic rings. The Morgan fingerprint density at radius 2 is 2.24 bits per heavy atom. The molecule has 2 rings (SSSR count). The van der Waals surface area contributed by atoms with Gasteiger partial charge in [-0.15, -0.1) is 11.3 Å². The van der Waals surface area contributed by atoms with Crippen LogP contribution in [-0.4, -0.2) is 4.98 Å². The molecule has 0 aliphatic carbocycles. The first-order valence-electron chi connectivity index (χ1n) is 5.19. The standard InChI is InChI=1S/C12H12BrFN2S/c1-7-5-10(14)9(13)6-11(7)16-8(2)12-15-3-4-17-12/h3-6,8,16H,1-2H3. The Hall–Kier alpha value is -0.940. The van der Waals surface area contributed by atoms with Crippen molar-refractivity contribution in [1.29, 1.82) is 0 Å². The maximum atomic E-state index is 13.3. The maximum absolute atomic E-state index is 13.3. The lowest BCUT2D eigenvalue weighted by molar-refractivity contribution is 0.620. The SMILES string of the molecule is Cc1cc(F)c(Br)cc1NC(C)c1nccs1. The molecule has 1 atom stereocenters. The molecule has 5 heteroatoms. The molecule has 0 amide bonds. The van der Waals surface area contributed by atoms with Gasteiger partial charge in [0.15, 0.2) is 0 Å². The highest BCUT2D eigenvalue weighted by atomic mass is 79.9. The van der Waals surface area contributed by atoms with Crippen LogP contribution in [0.2, 0.25) is 0 Å². The van der Waals surface area contributed by atoms with Crippen LogP contribution in [0, 0.1) is 12.7 Å².